The minimum absolute atomic E-state index is 0.0711. The second-order valence-electron chi connectivity index (χ2n) is 9.80. The number of amides is 3. The van der Waals surface area contributed by atoms with E-state index in [2.05, 4.69) is 10.3 Å². The number of alkyl halides is 1. The lowest BCUT2D eigenvalue weighted by atomic mass is 10.2. The lowest BCUT2D eigenvalue weighted by molar-refractivity contribution is -0.127. The third kappa shape index (κ3) is 5.87. The van der Waals surface area contributed by atoms with E-state index in [-0.39, 0.29) is 31.3 Å². The molecule has 1 aromatic carbocycles. The Kier molecular flexibility index (Phi) is 7.35. The van der Waals surface area contributed by atoms with Crippen LogP contribution in [0.15, 0.2) is 42.6 Å². The Bertz CT molecular complexity index is 1190. The van der Waals surface area contributed by atoms with Gasteiger partial charge in [-0.1, -0.05) is 29.8 Å². The molecule has 0 unspecified atom stereocenters. The van der Waals surface area contributed by atoms with E-state index in [1.54, 1.807) is 60.6 Å². The molecule has 2 aliphatic heterocycles. The van der Waals surface area contributed by atoms with E-state index in [0.29, 0.717) is 35.3 Å². The molecule has 0 spiro atoms. The summed E-state index contributed by atoms with van der Waals surface area (Å²) in [5.41, 5.74) is 0.176. The quantitative estimate of drug-likeness (QED) is 0.617. The molecule has 1 fully saturated rings. The van der Waals surface area contributed by atoms with Crippen LogP contribution in [0.2, 0.25) is 5.02 Å². The number of hydrogen-bond acceptors (Lipinski definition) is 5. The molecule has 1 aromatic heterocycles. The van der Waals surface area contributed by atoms with Crippen molar-refractivity contribution < 1.29 is 23.5 Å². The first-order valence-electron chi connectivity index (χ1n) is 11.7. The van der Waals surface area contributed by atoms with Gasteiger partial charge in [-0.05, 0) is 32.9 Å². The van der Waals surface area contributed by atoms with E-state index in [1.807, 2.05) is 0 Å². The van der Waals surface area contributed by atoms with E-state index in [9.17, 15) is 18.8 Å². The van der Waals surface area contributed by atoms with Crippen LogP contribution in [-0.4, -0.2) is 68.2 Å². The molecule has 9 nitrogen and oxygen atoms in total. The fourth-order valence-corrected chi connectivity index (χ4v) is 4.39. The molecule has 192 valence electrons. The zero-order chi connectivity index (χ0) is 26.0. The number of anilines is 1. The van der Waals surface area contributed by atoms with Crippen molar-refractivity contribution in [2.24, 2.45) is 0 Å². The van der Waals surface area contributed by atoms with Gasteiger partial charge in [0.2, 0.25) is 5.91 Å². The minimum atomic E-state index is -1.18. The smallest absolute Gasteiger partial charge is 0.410 e. The van der Waals surface area contributed by atoms with Crippen LogP contribution in [0, 0.1) is 0 Å². The first kappa shape index (κ1) is 25.7. The van der Waals surface area contributed by atoms with Crippen molar-refractivity contribution in [1.29, 1.82) is 0 Å². The van der Waals surface area contributed by atoms with Crippen molar-refractivity contribution in [3.63, 3.8) is 0 Å². The maximum absolute atomic E-state index is 14.1. The Morgan fingerprint density at radius 3 is 2.69 bits per heavy atom. The van der Waals surface area contributed by atoms with Crippen molar-refractivity contribution in [2.45, 2.75) is 58.1 Å². The highest BCUT2D eigenvalue weighted by Crippen LogP contribution is 2.25. The van der Waals surface area contributed by atoms with Crippen LogP contribution in [0.5, 0.6) is 0 Å². The second-order valence-corrected chi connectivity index (χ2v) is 10.2. The maximum Gasteiger partial charge on any atom is 0.410 e. The van der Waals surface area contributed by atoms with Gasteiger partial charge in [0, 0.05) is 25.6 Å². The third-order valence-electron chi connectivity index (χ3n) is 5.91. The van der Waals surface area contributed by atoms with E-state index in [0.717, 1.165) is 0 Å². The van der Waals surface area contributed by atoms with Crippen LogP contribution in [0.1, 0.15) is 43.5 Å². The maximum atomic E-state index is 14.1. The Morgan fingerprint density at radius 1 is 1.22 bits per heavy atom. The monoisotopic (exact) mass is 517 g/mol. The number of carbonyl (C=O) groups excluding carboxylic acids is 3. The molecule has 3 amide bonds. The Balaban J connectivity index is 1.39. The predicted molar refractivity (Wildman–Crippen MR) is 132 cm³/mol. The van der Waals surface area contributed by atoms with Crippen LogP contribution >= 0.6 is 11.6 Å². The molecule has 0 aliphatic carbocycles. The summed E-state index contributed by atoms with van der Waals surface area (Å²) in [6.07, 6.45) is 2.72. The highest BCUT2D eigenvalue weighted by molar-refractivity contribution is 6.33. The topological polar surface area (TPSA) is 96.8 Å². The van der Waals surface area contributed by atoms with E-state index in [1.165, 1.54) is 17.2 Å². The molecular formula is C25H29ClFN5O4. The van der Waals surface area contributed by atoms with Gasteiger partial charge in [0.15, 0.2) is 0 Å². The van der Waals surface area contributed by atoms with Crippen LogP contribution in [0.3, 0.4) is 0 Å². The van der Waals surface area contributed by atoms with Gasteiger partial charge in [-0.3, -0.25) is 14.5 Å². The van der Waals surface area contributed by atoms with Crippen molar-refractivity contribution in [3.05, 3.63) is 59.2 Å². The van der Waals surface area contributed by atoms with Crippen molar-refractivity contribution >= 4 is 35.2 Å². The average molecular weight is 518 g/mol. The number of fused-ring (bicyclic) bond motifs is 1. The number of carbonyl (C=O) groups is 3. The molecule has 1 saturated heterocycles. The Labute approximate surface area is 213 Å². The molecule has 0 radical (unpaired) electrons. The number of para-hydroxylation sites is 1. The zero-order valence-electron chi connectivity index (χ0n) is 20.4. The zero-order valence-corrected chi connectivity index (χ0v) is 21.2. The number of halogens is 2. The fraction of sp³-hybridized carbons (Fsp3) is 0.440. The van der Waals surface area contributed by atoms with E-state index in [4.69, 9.17) is 16.3 Å². The number of benzene rings is 1. The van der Waals surface area contributed by atoms with Gasteiger partial charge in [0.1, 0.15) is 23.3 Å². The summed E-state index contributed by atoms with van der Waals surface area (Å²) in [6.45, 7) is 6.13. The SMILES string of the molecule is CC(C)(C)OC(=O)N1C[C@H](F)C[C@H]1/C=C/C(=O)N1CCn2c(C(=O)Nc3ccccc3Cl)cnc2C1. The summed E-state index contributed by atoms with van der Waals surface area (Å²) in [4.78, 5) is 45.3. The number of ether oxygens (including phenoxy) is 1. The summed E-state index contributed by atoms with van der Waals surface area (Å²) < 4.78 is 21.2. The summed E-state index contributed by atoms with van der Waals surface area (Å²) in [6, 6.07) is 6.38. The van der Waals surface area contributed by atoms with Gasteiger partial charge in [0.05, 0.1) is 36.0 Å². The Morgan fingerprint density at radius 2 is 1.97 bits per heavy atom. The van der Waals surface area contributed by atoms with Gasteiger partial charge in [-0.2, -0.15) is 0 Å². The van der Waals surface area contributed by atoms with Crippen LogP contribution in [-0.2, 0) is 22.6 Å². The van der Waals surface area contributed by atoms with E-state index >= 15 is 0 Å². The number of aromatic nitrogens is 2. The molecule has 36 heavy (non-hydrogen) atoms. The molecule has 2 atom stereocenters. The largest absolute Gasteiger partial charge is 0.444 e. The van der Waals surface area contributed by atoms with Gasteiger partial charge >= 0.3 is 6.09 Å². The second kappa shape index (κ2) is 10.3. The van der Waals surface area contributed by atoms with Crippen molar-refractivity contribution in [1.82, 2.24) is 19.4 Å². The summed E-state index contributed by atoms with van der Waals surface area (Å²) in [5, 5.41) is 3.21. The average Bonchev–Trinajstić information content (AvgIpc) is 3.40. The van der Waals surface area contributed by atoms with Crippen LogP contribution < -0.4 is 5.32 Å². The van der Waals surface area contributed by atoms with Crippen molar-refractivity contribution in [3.8, 4) is 0 Å². The highest BCUT2D eigenvalue weighted by Gasteiger charge is 2.36. The first-order valence-corrected chi connectivity index (χ1v) is 12.1. The molecule has 2 aromatic rings. The normalized spacial score (nSPS) is 19.9. The standard InChI is InChI=1S/C25H29ClFN5O4/c1-25(2,3)36-24(35)32-14-16(27)12-17(32)8-9-22(33)30-10-11-31-20(13-28-21(31)15-30)23(34)29-19-7-5-4-6-18(19)26/h4-9,13,16-17H,10-12,14-15H2,1-3H3,(H,29,34)/b9-8+/t16-,17-/m1/s1. The lowest BCUT2D eigenvalue weighted by Gasteiger charge is -2.28. The molecule has 2 aliphatic rings. The van der Waals surface area contributed by atoms with Gasteiger partial charge in [-0.25, -0.2) is 14.2 Å². The Hall–Kier alpha value is -3.40. The predicted octanol–water partition coefficient (Wildman–Crippen LogP) is 4.03. The molecule has 0 bridgehead atoms. The fourth-order valence-electron chi connectivity index (χ4n) is 4.20. The number of hydrogen-bond donors (Lipinski definition) is 1. The summed E-state index contributed by atoms with van der Waals surface area (Å²) >= 11 is 6.13. The minimum Gasteiger partial charge on any atom is -0.444 e. The van der Waals surface area contributed by atoms with Crippen LogP contribution in [0.4, 0.5) is 14.9 Å². The molecule has 0 saturated carbocycles. The van der Waals surface area contributed by atoms with Gasteiger partial charge in [-0.15, -0.1) is 0 Å². The lowest BCUT2D eigenvalue weighted by Crippen LogP contribution is -2.40. The van der Waals surface area contributed by atoms with Gasteiger partial charge < -0.3 is 19.5 Å². The first-order chi connectivity index (χ1) is 17.0. The number of nitrogens with one attached hydrogen (secondary N) is 1. The summed E-state index contributed by atoms with van der Waals surface area (Å²) in [7, 11) is 0. The van der Waals surface area contributed by atoms with Crippen LogP contribution in [0.25, 0.3) is 0 Å². The molecule has 4 rings (SSSR count). The molecule has 3 heterocycles. The molecular weight excluding hydrogens is 489 g/mol. The molecule has 11 heteroatoms. The van der Waals surface area contributed by atoms with Gasteiger partial charge in [0.25, 0.3) is 5.91 Å². The number of likely N-dealkylation sites (tertiary alicyclic amines) is 1. The number of nitrogens with zero attached hydrogens (tertiary/aromatic N) is 4. The number of rotatable bonds is 4. The summed E-state index contributed by atoms with van der Waals surface area (Å²) in [5.74, 6) is -0.0455. The third-order valence-corrected chi connectivity index (χ3v) is 6.24. The molecule has 1 N–H and O–H groups in total. The van der Waals surface area contributed by atoms with Crippen molar-refractivity contribution in [2.75, 3.05) is 18.4 Å². The van der Waals surface area contributed by atoms with E-state index < -0.39 is 23.9 Å². The highest BCUT2D eigenvalue weighted by atomic mass is 35.5. The number of imidazole rings is 1.